The molecule has 0 aliphatic carbocycles. The van der Waals surface area contributed by atoms with Crippen LogP contribution in [0.4, 0.5) is 0 Å². The predicted molar refractivity (Wildman–Crippen MR) is 110 cm³/mol. The van der Waals surface area contributed by atoms with Gasteiger partial charge in [0.05, 0.1) is 6.04 Å². The first kappa shape index (κ1) is 19.6. The van der Waals surface area contributed by atoms with Gasteiger partial charge in [-0.2, -0.15) is 0 Å². The summed E-state index contributed by atoms with van der Waals surface area (Å²) in [6, 6.07) is 23.1. The molecule has 3 aromatic carbocycles. The molecule has 0 saturated heterocycles. The number of ether oxygens (including phenoxy) is 1. The minimum atomic E-state index is -0.210. The van der Waals surface area contributed by atoms with Crippen LogP contribution in [0, 0.1) is 0 Å². The van der Waals surface area contributed by atoms with Crippen LogP contribution in [0.1, 0.15) is 34.5 Å². The lowest BCUT2D eigenvalue weighted by molar-refractivity contribution is -0.123. The van der Waals surface area contributed by atoms with Crippen molar-refractivity contribution >= 4 is 23.3 Å². The highest BCUT2D eigenvalue weighted by Gasteiger charge is 2.11. The standard InChI is InChI=1S/C23H20ClNO3/c1-16(17-5-3-2-4-6-17)25-22(26)15-28-21-13-9-19(10-14-21)23(27)18-7-11-20(24)12-8-18/h2-14,16H,15H2,1H3,(H,25,26)/t16-/m0/s1. The Hall–Kier alpha value is -3.11. The molecule has 0 aromatic heterocycles. The van der Waals surface area contributed by atoms with Crippen LogP contribution in [0.15, 0.2) is 78.9 Å². The molecule has 3 rings (SSSR count). The monoisotopic (exact) mass is 393 g/mol. The number of carbonyl (C=O) groups excluding carboxylic acids is 2. The molecule has 142 valence electrons. The summed E-state index contributed by atoms with van der Waals surface area (Å²) in [5.41, 5.74) is 2.13. The summed E-state index contributed by atoms with van der Waals surface area (Å²) in [4.78, 5) is 24.5. The van der Waals surface area contributed by atoms with Gasteiger partial charge in [0.1, 0.15) is 5.75 Å². The third kappa shape index (κ3) is 5.21. The van der Waals surface area contributed by atoms with E-state index in [1.807, 2.05) is 37.3 Å². The molecule has 0 radical (unpaired) electrons. The van der Waals surface area contributed by atoms with Crippen LogP contribution in [0.25, 0.3) is 0 Å². The maximum absolute atomic E-state index is 12.4. The summed E-state index contributed by atoms with van der Waals surface area (Å²) >= 11 is 5.85. The lowest BCUT2D eigenvalue weighted by atomic mass is 10.0. The fraction of sp³-hybridized carbons (Fsp3) is 0.130. The molecular formula is C23H20ClNO3. The van der Waals surface area contributed by atoms with Gasteiger partial charge in [-0.3, -0.25) is 9.59 Å². The number of nitrogens with one attached hydrogen (secondary N) is 1. The van der Waals surface area contributed by atoms with Crippen molar-refractivity contribution in [2.45, 2.75) is 13.0 Å². The summed E-state index contributed by atoms with van der Waals surface area (Å²) < 4.78 is 5.52. The van der Waals surface area contributed by atoms with Crippen molar-refractivity contribution in [3.8, 4) is 5.75 Å². The van der Waals surface area contributed by atoms with Crippen LogP contribution < -0.4 is 10.1 Å². The number of ketones is 1. The largest absolute Gasteiger partial charge is 0.484 e. The van der Waals surface area contributed by atoms with Gasteiger partial charge in [-0.25, -0.2) is 0 Å². The molecular weight excluding hydrogens is 374 g/mol. The van der Waals surface area contributed by atoms with Crippen molar-refractivity contribution in [2.75, 3.05) is 6.61 Å². The van der Waals surface area contributed by atoms with Gasteiger partial charge in [-0.15, -0.1) is 0 Å². The highest BCUT2D eigenvalue weighted by Crippen LogP contribution is 2.17. The molecule has 0 unspecified atom stereocenters. The van der Waals surface area contributed by atoms with Gasteiger partial charge in [-0.1, -0.05) is 41.9 Å². The summed E-state index contributed by atoms with van der Waals surface area (Å²) in [5.74, 6) is 0.213. The Labute approximate surface area is 169 Å². The average molecular weight is 394 g/mol. The van der Waals surface area contributed by atoms with Crippen LogP contribution in [-0.4, -0.2) is 18.3 Å². The fourth-order valence-electron chi connectivity index (χ4n) is 2.73. The first-order valence-corrected chi connectivity index (χ1v) is 9.28. The third-order valence-electron chi connectivity index (χ3n) is 4.27. The summed E-state index contributed by atoms with van der Waals surface area (Å²) in [7, 11) is 0. The second-order valence-electron chi connectivity index (χ2n) is 6.35. The Balaban J connectivity index is 1.53. The van der Waals surface area contributed by atoms with Gasteiger partial charge in [0, 0.05) is 16.1 Å². The minimum Gasteiger partial charge on any atom is -0.484 e. The number of benzene rings is 3. The fourth-order valence-corrected chi connectivity index (χ4v) is 2.85. The third-order valence-corrected chi connectivity index (χ3v) is 4.52. The van der Waals surface area contributed by atoms with Crippen molar-refractivity contribution in [3.05, 3.63) is 101 Å². The Bertz CT molecular complexity index is 938. The molecule has 0 fully saturated rings. The van der Waals surface area contributed by atoms with Gasteiger partial charge in [0.15, 0.2) is 12.4 Å². The van der Waals surface area contributed by atoms with Gasteiger partial charge in [-0.05, 0) is 61.0 Å². The lowest BCUT2D eigenvalue weighted by Crippen LogP contribution is -2.31. The second kappa shape index (κ2) is 9.20. The van der Waals surface area contributed by atoms with Crippen molar-refractivity contribution in [2.24, 2.45) is 0 Å². The molecule has 4 nitrogen and oxygen atoms in total. The molecule has 0 aliphatic rings. The second-order valence-corrected chi connectivity index (χ2v) is 6.79. The highest BCUT2D eigenvalue weighted by molar-refractivity contribution is 6.30. The van der Waals surface area contributed by atoms with Crippen molar-refractivity contribution in [3.63, 3.8) is 0 Å². The molecule has 5 heteroatoms. The van der Waals surface area contributed by atoms with Crippen LogP contribution in [0.3, 0.4) is 0 Å². The van der Waals surface area contributed by atoms with E-state index in [1.165, 1.54) is 0 Å². The zero-order valence-corrected chi connectivity index (χ0v) is 16.1. The van der Waals surface area contributed by atoms with Gasteiger partial charge in [0.25, 0.3) is 5.91 Å². The van der Waals surface area contributed by atoms with E-state index in [9.17, 15) is 9.59 Å². The molecule has 28 heavy (non-hydrogen) atoms. The van der Waals surface area contributed by atoms with E-state index in [2.05, 4.69) is 5.32 Å². The van der Waals surface area contributed by atoms with Crippen LogP contribution in [0.5, 0.6) is 5.75 Å². The molecule has 0 heterocycles. The number of amides is 1. The summed E-state index contributed by atoms with van der Waals surface area (Å²) in [5, 5.41) is 3.48. The van der Waals surface area contributed by atoms with Crippen LogP contribution in [0.2, 0.25) is 5.02 Å². The molecule has 0 bridgehead atoms. The van der Waals surface area contributed by atoms with E-state index >= 15 is 0 Å². The molecule has 3 aromatic rings. The van der Waals surface area contributed by atoms with Crippen LogP contribution >= 0.6 is 11.6 Å². The Morgan fingerprint density at radius 3 is 2.07 bits per heavy atom. The molecule has 0 aliphatic heterocycles. The molecule has 1 atom stereocenters. The number of halogens is 1. The van der Waals surface area contributed by atoms with Crippen molar-refractivity contribution in [1.82, 2.24) is 5.32 Å². The Morgan fingerprint density at radius 2 is 1.46 bits per heavy atom. The van der Waals surface area contributed by atoms with Gasteiger partial charge < -0.3 is 10.1 Å². The molecule has 0 spiro atoms. The minimum absolute atomic E-state index is 0.0956. The molecule has 1 N–H and O–H groups in total. The SMILES string of the molecule is C[C@H](NC(=O)COc1ccc(C(=O)c2ccc(Cl)cc2)cc1)c1ccccc1. The van der Waals surface area contributed by atoms with E-state index in [4.69, 9.17) is 16.3 Å². The molecule has 0 saturated carbocycles. The number of rotatable bonds is 7. The Morgan fingerprint density at radius 1 is 0.893 bits per heavy atom. The van der Waals surface area contributed by atoms with E-state index in [1.54, 1.807) is 48.5 Å². The Kier molecular flexibility index (Phi) is 6.45. The number of carbonyl (C=O) groups is 2. The van der Waals surface area contributed by atoms with Crippen molar-refractivity contribution in [1.29, 1.82) is 0 Å². The van der Waals surface area contributed by atoms with Gasteiger partial charge in [0.2, 0.25) is 0 Å². The van der Waals surface area contributed by atoms with Crippen molar-refractivity contribution < 1.29 is 14.3 Å². The number of hydrogen-bond acceptors (Lipinski definition) is 3. The molecule has 1 amide bonds. The quantitative estimate of drug-likeness (QED) is 0.585. The first-order valence-electron chi connectivity index (χ1n) is 8.90. The summed E-state index contributed by atoms with van der Waals surface area (Å²) in [6.07, 6.45) is 0. The predicted octanol–water partition coefficient (Wildman–Crippen LogP) is 4.83. The normalized spacial score (nSPS) is 11.5. The number of hydrogen-bond donors (Lipinski definition) is 1. The van der Waals surface area contributed by atoms with E-state index < -0.39 is 0 Å². The topological polar surface area (TPSA) is 55.4 Å². The van der Waals surface area contributed by atoms with E-state index in [0.717, 1.165) is 5.56 Å². The smallest absolute Gasteiger partial charge is 0.258 e. The van der Waals surface area contributed by atoms with Gasteiger partial charge >= 0.3 is 0 Å². The lowest BCUT2D eigenvalue weighted by Gasteiger charge is -2.14. The van der Waals surface area contributed by atoms with E-state index in [-0.39, 0.29) is 24.3 Å². The maximum atomic E-state index is 12.4. The van der Waals surface area contributed by atoms with E-state index in [0.29, 0.717) is 21.9 Å². The van der Waals surface area contributed by atoms with Crippen LogP contribution in [-0.2, 0) is 4.79 Å². The first-order chi connectivity index (χ1) is 13.5. The highest BCUT2D eigenvalue weighted by atomic mass is 35.5. The summed E-state index contributed by atoms with van der Waals surface area (Å²) in [6.45, 7) is 1.83. The average Bonchev–Trinajstić information content (AvgIpc) is 2.73. The maximum Gasteiger partial charge on any atom is 0.258 e. The zero-order valence-electron chi connectivity index (χ0n) is 15.4. The zero-order chi connectivity index (χ0) is 19.9.